The van der Waals surface area contributed by atoms with Crippen LogP contribution in [0.25, 0.3) is 22.3 Å². The summed E-state index contributed by atoms with van der Waals surface area (Å²) in [5.41, 5.74) is -1.33. The zero-order chi connectivity index (χ0) is 23.9. The molecular weight excluding hydrogens is 500 g/mol. The number of hydrogen-bond acceptors (Lipinski definition) is 11. The molecule has 0 aliphatic heterocycles. The first kappa shape index (κ1) is 23.4. The van der Waals surface area contributed by atoms with Crippen LogP contribution in [-0.4, -0.2) is 38.9 Å². The van der Waals surface area contributed by atoms with Crippen LogP contribution in [0.3, 0.4) is 0 Å². The van der Waals surface area contributed by atoms with Crippen LogP contribution in [0.15, 0.2) is 51.7 Å². The van der Waals surface area contributed by atoms with Crippen molar-refractivity contribution in [3.05, 3.63) is 52.7 Å². The van der Waals surface area contributed by atoms with Crippen LogP contribution in [0, 0.1) is 0 Å². The van der Waals surface area contributed by atoms with Gasteiger partial charge in [0.25, 0.3) is 0 Å². The van der Waals surface area contributed by atoms with Crippen LogP contribution in [0.2, 0.25) is 0 Å². The normalized spacial score (nSPS) is 12.5. The van der Waals surface area contributed by atoms with Gasteiger partial charge in [-0.3, -0.25) is 18.5 Å². The van der Waals surface area contributed by atoms with Crippen LogP contribution in [-0.2, 0) is 31.2 Å². The van der Waals surface area contributed by atoms with E-state index in [0.717, 1.165) is 30.3 Å². The van der Waals surface area contributed by atoms with E-state index in [2.05, 4.69) is 12.5 Å². The molecule has 1 heterocycles. The van der Waals surface area contributed by atoms with E-state index in [1.54, 1.807) is 0 Å². The van der Waals surface area contributed by atoms with Gasteiger partial charge in [-0.2, -0.15) is 25.3 Å². The second kappa shape index (κ2) is 8.04. The van der Waals surface area contributed by atoms with E-state index in [0.29, 0.717) is 0 Å². The Morgan fingerprint density at radius 3 is 1.81 bits per heavy atom. The Hall–Kier alpha value is -3.22. The van der Waals surface area contributed by atoms with Crippen molar-refractivity contribution in [2.24, 2.45) is 0 Å². The zero-order valence-corrected chi connectivity index (χ0v) is 17.5. The monoisotopic (exact) mass is 510 g/mol. The standard InChI is InChI=1S/C15H10O14S3/c16-11-7-13(8-1-3-9(4-2-8)27-30(17,18)19)26-14-10(11)5-6-12(28-31(20,21)22)15(14)29-32(23,24)25/h1-7H,(H,17,18,19)(H,20,21,22)(H,23,24,25). The first-order valence-corrected chi connectivity index (χ1v) is 11.9. The second-order valence-electron chi connectivity index (χ2n) is 5.80. The van der Waals surface area contributed by atoms with Crippen molar-refractivity contribution >= 4 is 42.2 Å². The lowest BCUT2D eigenvalue weighted by Crippen LogP contribution is -2.12. The van der Waals surface area contributed by atoms with Gasteiger partial charge in [-0.25, -0.2) is 0 Å². The van der Waals surface area contributed by atoms with Gasteiger partial charge in [-0.15, -0.1) is 0 Å². The summed E-state index contributed by atoms with van der Waals surface area (Å²) in [6.07, 6.45) is 0. The Labute approximate surface area is 179 Å². The third-order valence-corrected chi connectivity index (χ3v) is 4.71. The lowest BCUT2D eigenvalue weighted by atomic mass is 10.1. The van der Waals surface area contributed by atoms with Crippen LogP contribution in [0.1, 0.15) is 0 Å². The van der Waals surface area contributed by atoms with Gasteiger partial charge in [0.05, 0.1) is 5.39 Å². The molecule has 1 aromatic heterocycles. The quantitative estimate of drug-likeness (QED) is 0.377. The Morgan fingerprint density at radius 2 is 1.28 bits per heavy atom. The first-order chi connectivity index (χ1) is 14.6. The molecule has 0 spiro atoms. The van der Waals surface area contributed by atoms with Gasteiger partial charge in [0.15, 0.2) is 16.8 Å². The number of fused-ring (bicyclic) bond motifs is 1. The predicted molar refractivity (Wildman–Crippen MR) is 104 cm³/mol. The molecule has 0 saturated carbocycles. The Morgan fingerprint density at radius 1 is 0.719 bits per heavy atom. The highest BCUT2D eigenvalue weighted by atomic mass is 32.3. The lowest BCUT2D eigenvalue weighted by Gasteiger charge is -2.11. The number of rotatable bonds is 7. The average molecular weight is 510 g/mol. The van der Waals surface area contributed by atoms with Crippen molar-refractivity contribution in [3.63, 3.8) is 0 Å². The molecule has 0 aliphatic carbocycles. The summed E-state index contributed by atoms with van der Waals surface area (Å²) in [7, 11) is -15.2. The van der Waals surface area contributed by atoms with E-state index in [1.165, 1.54) is 12.1 Å². The van der Waals surface area contributed by atoms with E-state index in [9.17, 15) is 30.0 Å². The fraction of sp³-hybridized carbons (Fsp3) is 0. The van der Waals surface area contributed by atoms with Gasteiger partial charge in [0, 0.05) is 11.6 Å². The summed E-state index contributed by atoms with van der Waals surface area (Å²) >= 11 is 0. The predicted octanol–water partition coefficient (Wildman–Crippen LogP) is 1.00. The minimum absolute atomic E-state index is 0.116. The first-order valence-electron chi connectivity index (χ1n) is 7.83. The largest absolute Gasteiger partial charge is 0.452 e. The molecule has 0 bridgehead atoms. The molecule has 3 aromatic rings. The molecular formula is C15H10O14S3. The van der Waals surface area contributed by atoms with Crippen molar-refractivity contribution in [1.82, 2.24) is 0 Å². The van der Waals surface area contributed by atoms with Crippen LogP contribution < -0.4 is 18.0 Å². The van der Waals surface area contributed by atoms with Crippen molar-refractivity contribution in [3.8, 4) is 28.6 Å². The summed E-state index contributed by atoms with van der Waals surface area (Å²) in [4.78, 5) is 12.5. The van der Waals surface area contributed by atoms with Crippen molar-refractivity contribution in [2.75, 3.05) is 0 Å². The summed E-state index contributed by atoms with van der Waals surface area (Å²) in [5.74, 6) is -2.54. The average Bonchev–Trinajstić information content (AvgIpc) is 2.61. The van der Waals surface area contributed by atoms with E-state index in [-0.39, 0.29) is 22.5 Å². The highest BCUT2D eigenvalue weighted by molar-refractivity contribution is 7.81. The van der Waals surface area contributed by atoms with Gasteiger partial charge < -0.3 is 17.0 Å². The van der Waals surface area contributed by atoms with Gasteiger partial charge >= 0.3 is 31.2 Å². The smallest absolute Gasteiger partial charge is 0.446 e. The molecule has 0 atom stereocenters. The molecule has 17 heteroatoms. The molecule has 0 saturated heterocycles. The van der Waals surface area contributed by atoms with Gasteiger partial charge in [0.1, 0.15) is 11.5 Å². The summed E-state index contributed by atoms with van der Waals surface area (Å²) in [6.45, 7) is 0. The molecule has 32 heavy (non-hydrogen) atoms. The maximum atomic E-state index is 12.5. The molecule has 0 unspecified atom stereocenters. The van der Waals surface area contributed by atoms with Crippen molar-refractivity contribution in [1.29, 1.82) is 0 Å². The van der Waals surface area contributed by atoms with Gasteiger partial charge in [-0.05, 0) is 36.4 Å². The topological polar surface area (TPSA) is 221 Å². The van der Waals surface area contributed by atoms with E-state index >= 15 is 0 Å². The van der Waals surface area contributed by atoms with Gasteiger partial charge in [0.2, 0.25) is 5.75 Å². The Bertz CT molecular complexity index is 1570. The Kier molecular flexibility index (Phi) is 5.89. The zero-order valence-electron chi connectivity index (χ0n) is 15.1. The van der Waals surface area contributed by atoms with E-state index in [1.807, 2.05) is 0 Å². The van der Waals surface area contributed by atoms with Crippen LogP contribution >= 0.6 is 0 Å². The number of hydrogen-bond donors (Lipinski definition) is 3. The SMILES string of the molecule is O=c1cc(-c2ccc(OS(=O)(=O)O)cc2)oc2c(OS(=O)(=O)O)c(OS(=O)(=O)O)ccc12. The summed E-state index contributed by atoms with van der Waals surface area (Å²) < 4.78 is 111. The van der Waals surface area contributed by atoms with E-state index in [4.69, 9.17) is 18.1 Å². The van der Waals surface area contributed by atoms with E-state index < -0.39 is 53.7 Å². The Balaban J connectivity index is 2.22. The molecule has 14 nitrogen and oxygen atoms in total. The fourth-order valence-corrected chi connectivity index (χ4v) is 3.56. The van der Waals surface area contributed by atoms with Gasteiger partial charge in [-0.1, -0.05) is 0 Å². The minimum Gasteiger partial charge on any atom is -0.452 e. The second-order valence-corrected chi connectivity index (χ2v) is 8.87. The van der Waals surface area contributed by atoms with Crippen molar-refractivity contribution < 1.29 is 55.9 Å². The molecule has 172 valence electrons. The maximum Gasteiger partial charge on any atom is 0.446 e. The van der Waals surface area contributed by atoms with Crippen LogP contribution in [0.4, 0.5) is 0 Å². The highest BCUT2D eigenvalue weighted by Gasteiger charge is 2.24. The summed E-state index contributed by atoms with van der Waals surface area (Å²) in [5, 5.41) is -0.318. The van der Waals surface area contributed by atoms with Crippen LogP contribution in [0.5, 0.6) is 17.2 Å². The third kappa shape index (κ3) is 5.93. The summed E-state index contributed by atoms with van der Waals surface area (Å²) in [6, 6.07) is 7.28. The number of benzene rings is 2. The maximum absolute atomic E-state index is 12.5. The van der Waals surface area contributed by atoms with Crippen molar-refractivity contribution in [2.45, 2.75) is 0 Å². The molecule has 3 rings (SSSR count). The molecule has 0 amide bonds. The molecule has 0 aliphatic rings. The molecule has 0 radical (unpaired) electrons. The minimum atomic E-state index is -5.28. The highest BCUT2D eigenvalue weighted by Crippen LogP contribution is 2.38. The molecule has 3 N–H and O–H groups in total. The lowest BCUT2D eigenvalue weighted by molar-refractivity contribution is 0.360. The fourth-order valence-electron chi connectivity index (χ4n) is 2.48. The third-order valence-electron chi connectivity index (χ3n) is 3.54. The molecule has 2 aromatic carbocycles. The molecule has 0 fully saturated rings.